The van der Waals surface area contributed by atoms with Gasteiger partial charge in [0.2, 0.25) is 5.79 Å². The van der Waals surface area contributed by atoms with Crippen LogP contribution in [0.15, 0.2) is 18.2 Å². The van der Waals surface area contributed by atoms with Crippen molar-refractivity contribution in [1.29, 1.82) is 0 Å². The van der Waals surface area contributed by atoms with E-state index >= 15 is 0 Å². The highest BCUT2D eigenvalue weighted by Crippen LogP contribution is 2.42. The molecular formula is C16H16ClFN2O3. The van der Waals surface area contributed by atoms with Gasteiger partial charge in [0.1, 0.15) is 5.69 Å². The second-order valence-corrected chi connectivity index (χ2v) is 6.03. The van der Waals surface area contributed by atoms with E-state index in [0.29, 0.717) is 22.8 Å². The minimum Gasteiger partial charge on any atom is -0.449 e. The molecule has 2 aromatic rings. The van der Waals surface area contributed by atoms with Gasteiger partial charge in [-0.25, -0.2) is 9.37 Å². The van der Waals surface area contributed by atoms with E-state index < -0.39 is 11.6 Å². The second kappa shape index (κ2) is 5.54. The number of anilines is 1. The number of nitrogen functional groups attached to an aromatic ring is 1. The van der Waals surface area contributed by atoms with E-state index in [-0.39, 0.29) is 23.0 Å². The summed E-state index contributed by atoms with van der Waals surface area (Å²) in [6.45, 7) is 3.72. The summed E-state index contributed by atoms with van der Waals surface area (Å²) in [4.78, 5) is 4.25. The van der Waals surface area contributed by atoms with Crippen molar-refractivity contribution in [2.75, 3.05) is 12.8 Å². The Kier molecular flexibility index (Phi) is 3.82. The van der Waals surface area contributed by atoms with Gasteiger partial charge in [-0.2, -0.15) is 0 Å². The molecule has 0 radical (unpaired) electrons. The summed E-state index contributed by atoms with van der Waals surface area (Å²) in [6.07, 6.45) is 0. The van der Waals surface area contributed by atoms with Gasteiger partial charge in [0.25, 0.3) is 0 Å². The van der Waals surface area contributed by atoms with Gasteiger partial charge in [-0.1, -0.05) is 11.6 Å². The molecule has 0 spiro atoms. The third kappa shape index (κ3) is 2.80. The predicted octanol–water partition coefficient (Wildman–Crippen LogP) is 3.78. The summed E-state index contributed by atoms with van der Waals surface area (Å²) in [7, 11) is 1.50. The fourth-order valence-corrected chi connectivity index (χ4v) is 2.59. The summed E-state index contributed by atoms with van der Waals surface area (Å²) in [6, 6.07) is 5.07. The topological polar surface area (TPSA) is 66.6 Å². The number of pyridine rings is 1. The third-order valence-electron chi connectivity index (χ3n) is 3.39. The molecule has 5 nitrogen and oxygen atoms in total. The maximum atomic E-state index is 14.5. The lowest BCUT2D eigenvalue weighted by Crippen LogP contribution is -2.29. The Hall–Kier alpha value is -2.05. The molecule has 122 valence electrons. The standard InChI is InChI=1S/C16H16ClFN2O3/c1-16(2)22-10-5-4-8(6-11(10)23-16)15-13(18)14(19)12(17)9(20-15)7-21-3/h4-6H,7H2,1-3H3,(H2,19,20). The van der Waals surface area contributed by atoms with E-state index in [1.54, 1.807) is 32.0 Å². The van der Waals surface area contributed by atoms with Crippen molar-refractivity contribution in [2.45, 2.75) is 26.2 Å². The summed E-state index contributed by atoms with van der Waals surface area (Å²) in [5, 5.41) is 0.0648. The highest BCUT2D eigenvalue weighted by atomic mass is 35.5. The molecular weight excluding hydrogens is 323 g/mol. The lowest BCUT2D eigenvalue weighted by atomic mass is 10.1. The first kappa shape index (κ1) is 15.8. The van der Waals surface area contributed by atoms with Crippen LogP contribution < -0.4 is 15.2 Å². The van der Waals surface area contributed by atoms with Crippen LogP contribution in [0.2, 0.25) is 5.02 Å². The molecule has 0 saturated carbocycles. The number of fused-ring (bicyclic) bond motifs is 1. The van der Waals surface area contributed by atoms with Crippen molar-refractivity contribution < 1.29 is 18.6 Å². The molecule has 0 aliphatic carbocycles. The number of halogens is 2. The molecule has 0 amide bonds. The van der Waals surface area contributed by atoms with Gasteiger partial charge >= 0.3 is 0 Å². The zero-order chi connectivity index (χ0) is 16.8. The van der Waals surface area contributed by atoms with Crippen molar-refractivity contribution in [1.82, 2.24) is 4.98 Å². The van der Waals surface area contributed by atoms with E-state index in [9.17, 15) is 4.39 Å². The molecule has 2 heterocycles. The highest BCUT2D eigenvalue weighted by molar-refractivity contribution is 6.33. The van der Waals surface area contributed by atoms with Crippen molar-refractivity contribution in [3.8, 4) is 22.8 Å². The number of methoxy groups -OCH3 is 1. The normalized spacial score (nSPS) is 15.0. The van der Waals surface area contributed by atoms with Crippen molar-refractivity contribution in [2.24, 2.45) is 0 Å². The smallest absolute Gasteiger partial charge is 0.246 e. The quantitative estimate of drug-likeness (QED) is 0.922. The first-order valence-corrected chi connectivity index (χ1v) is 7.35. The molecule has 1 aromatic heterocycles. The Morgan fingerprint density at radius 3 is 2.70 bits per heavy atom. The fourth-order valence-electron chi connectivity index (χ4n) is 2.41. The summed E-state index contributed by atoms with van der Waals surface area (Å²) >= 11 is 6.02. The molecule has 0 unspecified atom stereocenters. The number of aromatic nitrogens is 1. The first-order valence-electron chi connectivity index (χ1n) is 6.97. The van der Waals surface area contributed by atoms with Crippen LogP contribution in [0.25, 0.3) is 11.3 Å². The number of rotatable bonds is 3. The Morgan fingerprint density at radius 1 is 1.30 bits per heavy atom. The summed E-state index contributed by atoms with van der Waals surface area (Å²) in [5.41, 5.74) is 6.58. The average molecular weight is 339 g/mol. The minimum atomic E-state index is -0.757. The van der Waals surface area contributed by atoms with Gasteiger partial charge in [0.15, 0.2) is 17.3 Å². The van der Waals surface area contributed by atoms with Gasteiger partial charge in [0.05, 0.1) is 23.0 Å². The predicted molar refractivity (Wildman–Crippen MR) is 85.1 cm³/mol. The van der Waals surface area contributed by atoms with Crippen LogP contribution in [0.5, 0.6) is 11.5 Å². The zero-order valence-electron chi connectivity index (χ0n) is 12.9. The second-order valence-electron chi connectivity index (χ2n) is 5.65. The van der Waals surface area contributed by atoms with Gasteiger partial charge in [-0.3, -0.25) is 0 Å². The maximum Gasteiger partial charge on any atom is 0.246 e. The number of hydrogen-bond donors (Lipinski definition) is 1. The lowest BCUT2D eigenvalue weighted by molar-refractivity contribution is -0.0431. The number of nitrogens with two attached hydrogens (primary N) is 1. The molecule has 1 aliphatic heterocycles. The van der Waals surface area contributed by atoms with Crippen LogP contribution in [-0.2, 0) is 11.3 Å². The first-order chi connectivity index (χ1) is 10.8. The molecule has 2 N–H and O–H groups in total. The van der Waals surface area contributed by atoms with Crippen LogP contribution >= 0.6 is 11.6 Å². The van der Waals surface area contributed by atoms with Crippen LogP contribution in [0, 0.1) is 5.82 Å². The zero-order valence-corrected chi connectivity index (χ0v) is 13.7. The number of benzene rings is 1. The molecule has 7 heteroatoms. The fraction of sp³-hybridized carbons (Fsp3) is 0.312. The Labute approximate surface area is 138 Å². The Morgan fingerprint density at radius 2 is 2.00 bits per heavy atom. The van der Waals surface area contributed by atoms with Gasteiger partial charge in [0, 0.05) is 26.5 Å². The molecule has 1 aliphatic rings. The average Bonchev–Trinajstić information content (AvgIpc) is 2.80. The molecule has 0 atom stereocenters. The van der Waals surface area contributed by atoms with E-state index in [1.807, 2.05) is 0 Å². The van der Waals surface area contributed by atoms with E-state index in [2.05, 4.69) is 4.98 Å². The van der Waals surface area contributed by atoms with E-state index in [1.165, 1.54) is 7.11 Å². The number of hydrogen-bond acceptors (Lipinski definition) is 5. The van der Waals surface area contributed by atoms with Crippen LogP contribution in [0.4, 0.5) is 10.1 Å². The van der Waals surface area contributed by atoms with E-state index in [4.69, 9.17) is 31.5 Å². The minimum absolute atomic E-state index is 0.0648. The highest BCUT2D eigenvalue weighted by Gasteiger charge is 2.32. The molecule has 3 rings (SSSR count). The van der Waals surface area contributed by atoms with Crippen molar-refractivity contribution in [3.05, 3.63) is 34.7 Å². The Bertz CT molecular complexity index is 780. The van der Waals surface area contributed by atoms with Crippen LogP contribution in [-0.4, -0.2) is 17.9 Å². The monoisotopic (exact) mass is 338 g/mol. The molecule has 0 fully saturated rings. The molecule has 23 heavy (non-hydrogen) atoms. The van der Waals surface area contributed by atoms with Gasteiger partial charge < -0.3 is 19.9 Å². The number of nitrogens with zero attached hydrogens (tertiary/aromatic N) is 1. The Balaban J connectivity index is 2.10. The summed E-state index contributed by atoms with van der Waals surface area (Å²) < 4.78 is 30.8. The van der Waals surface area contributed by atoms with Gasteiger partial charge in [-0.05, 0) is 18.2 Å². The van der Waals surface area contributed by atoms with Crippen LogP contribution in [0.1, 0.15) is 19.5 Å². The third-order valence-corrected chi connectivity index (χ3v) is 3.81. The summed E-state index contributed by atoms with van der Waals surface area (Å²) in [5.74, 6) is -0.311. The molecule has 0 bridgehead atoms. The lowest BCUT2D eigenvalue weighted by Gasteiger charge is -2.16. The van der Waals surface area contributed by atoms with Gasteiger partial charge in [-0.15, -0.1) is 0 Å². The SMILES string of the molecule is COCc1nc(-c2ccc3c(c2)OC(C)(C)O3)c(F)c(N)c1Cl. The van der Waals surface area contributed by atoms with Crippen LogP contribution in [0.3, 0.4) is 0 Å². The number of ether oxygens (including phenoxy) is 3. The van der Waals surface area contributed by atoms with Crippen molar-refractivity contribution >= 4 is 17.3 Å². The van der Waals surface area contributed by atoms with E-state index in [0.717, 1.165) is 0 Å². The molecule has 1 aromatic carbocycles. The maximum absolute atomic E-state index is 14.5. The largest absolute Gasteiger partial charge is 0.449 e. The molecule has 0 saturated heterocycles. The van der Waals surface area contributed by atoms with Crippen molar-refractivity contribution in [3.63, 3.8) is 0 Å².